The van der Waals surface area contributed by atoms with Crippen molar-refractivity contribution in [1.82, 2.24) is 5.32 Å². The Kier molecular flexibility index (Phi) is 9.48. The molecule has 0 aliphatic carbocycles. The van der Waals surface area contributed by atoms with Crippen LogP contribution in [-0.4, -0.2) is 46.9 Å². The van der Waals surface area contributed by atoms with Crippen molar-refractivity contribution < 1.29 is 14.6 Å². The molecule has 0 heterocycles. The van der Waals surface area contributed by atoms with Crippen molar-refractivity contribution in [3.63, 3.8) is 0 Å². The molecule has 114 valence electrons. The van der Waals surface area contributed by atoms with Crippen LogP contribution in [0.4, 0.5) is 0 Å². The second-order valence-corrected chi connectivity index (χ2v) is 6.86. The maximum atomic E-state index is 12.1. The normalized spacial score (nSPS) is 16.2. The van der Waals surface area contributed by atoms with Crippen LogP contribution < -0.4 is 5.32 Å². The third kappa shape index (κ3) is 7.80. The highest BCUT2D eigenvalue weighted by atomic mass is 32.2. The second kappa shape index (κ2) is 9.61. The molecular weight excluding hydrogens is 262 g/mol. The fourth-order valence-corrected chi connectivity index (χ4v) is 3.26. The summed E-state index contributed by atoms with van der Waals surface area (Å²) in [5.41, 5.74) is -0.643. The molecule has 0 aliphatic heterocycles. The quantitative estimate of drug-likeness (QED) is 0.477. The number of hydrogen-bond donors (Lipinski definition) is 2. The molecule has 0 rings (SSSR count). The van der Waals surface area contributed by atoms with Crippen molar-refractivity contribution in [3.05, 3.63) is 0 Å². The molecule has 0 amide bonds. The average Bonchev–Trinajstić information content (AvgIpc) is 2.28. The minimum absolute atomic E-state index is 0.182. The lowest BCUT2D eigenvalue weighted by Gasteiger charge is -2.32. The summed E-state index contributed by atoms with van der Waals surface area (Å²) in [5, 5.41) is 12.5. The molecule has 0 aromatic rings. The molecule has 0 aromatic heterocycles. The van der Waals surface area contributed by atoms with Gasteiger partial charge < -0.3 is 9.84 Å². The number of carbonyl (C=O) groups excluding carboxylic acids is 1. The van der Waals surface area contributed by atoms with Gasteiger partial charge in [0.05, 0.1) is 6.61 Å². The van der Waals surface area contributed by atoms with Gasteiger partial charge in [0.1, 0.15) is 5.54 Å². The van der Waals surface area contributed by atoms with Crippen LogP contribution in [0.25, 0.3) is 0 Å². The summed E-state index contributed by atoms with van der Waals surface area (Å²) in [5.74, 6) is 0.733. The molecule has 2 atom stereocenters. The van der Waals surface area contributed by atoms with E-state index < -0.39 is 5.54 Å². The van der Waals surface area contributed by atoms with Crippen molar-refractivity contribution in [1.29, 1.82) is 0 Å². The Morgan fingerprint density at radius 3 is 2.53 bits per heavy atom. The topological polar surface area (TPSA) is 58.6 Å². The molecule has 19 heavy (non-hydrogen) atoms. The molecule has 0 radical (unpaired) electrons. The first-order valence-corrected chi connectivity index (χ1v) is 8.08. The lowest BCUT2D eigenvalue weighted by Crippen LogP contribution is -2.54. The van der Waals surface area contributed by atoms with Crippen LogP contribution >= 0.6 is 11.8 Å². The number of nitrogens with one attached hydrogen (secondary N) is 1. The maximum Gasteiger partial charge on any atom is 0.326 e. The minimum atomic E-state index is -0.643. The van der Waals surface area contributed by atoms with E-state index in [1.165, 1.54) is 0 Å². The molecule has 0 aromatic carbocycles. The Morgan fingerprint density at radius 2 is 2.05 bits per heavy atom. The molecule has 5 heteroatoms. The zero-order valence-corrected chi connectivity index (χ0v) is 13.7. The van der Waals surface area contributed by atoms with Gasteiger partial charge in [0.25, 0.3) is 0 Å². The van der Waals surface area contributed by atoms with E-state index in [0.29, 0.717) is 11.9 Å². The predicted molar refractivity (Wildman–Crippen MR) is 81.5 cm³/mol. The molecule has 2 N–H and O–H groups in total. The Bertz CT molecular complexity index is 261. The highest BCUT2D eigenvalue weighted by Crippen LogP contribution is 2.24. The van der Waals surface area contributed by atoms with Gasteiger partial charge >= 0.3 is 5.97 Å². The number of ether oxygens (including phenoxy) is 1. The van der Waals surface area contributed by atoms with Gasteiger partial charge in [0, 0.05) is 17.9 Å². The van der Waals surface area contributed by atoms with Gasteiger partial charge in [0.2, 0.25) is 0 Å². The van der Waals surface area contributed by atoms with Crippen LogP contribution in [0.2, 0.25) is 0 Å². The minimum Gasteiger partial charge on any atom is -0.465 e. The van der Waals surface area contributed by atoms with Crippen LogP contribution in [0.1, 0.15) is 47.5 Å². The van der Waals surface area contributed by atoms with Gasteiger partial charge in [-0.05, 0) is 46.3 Å². The van der Waals surface area contributed by atoms with Crippen LogP contribution in [0.3, 0.4) is 0 Å². The van der Waals surface area contributed by atoms with Crippen molar-refractivity contribution in [2.24, 2.45) is 0 Å². The van der Waals surface area contributed by atoms with E-state index in [9.17, 15) is 4.79 Å². The van der Waals surface area contributed by atoms with Crippen LogP contribution in [0.15, 0.2) is 0 Å². The summed E-state index contributed by atoms with van der Waals surface area (Å²) in [6, 6.07) is 0.226. The Labute approximate surface area is 121 Å². The van der Waals surface area contributed by atoms with Crippen LogP contribution in [0, 0.1) is 0 Å². The van der Waals surface area contributed by atoms with Crippen molar-refractivity contribution in [2.45, 2.75) is 64.3 Å². The van der Waals surface area contributed by atoms with E-state index in [1.54, 1.807) is 11.8 Å². The summed E-state index contributed by atoms with van der Waals surface area (Å²) >= 11 is 1.78. The SMILES string of the molecule is CCOC(=O)C(C)(CC(C)SCCCO)NC(C)C. The second-order valence-electron chi connectivity index (χ2n) is 5.31. The molecular formula is C14H29NO3S. The van der Waals surface area contributed by atoms with E-state index in [-0.39, 0.29) is 18.6 Å². The first-order chi connectivity index (χ1) is 8.85. The molecule has 0 saturated carbocycles. The van der Waals surface area contributed by atoms with Gasteiger partial charge in [-0.2, -0.15) is 11.8 Å². The molecule has 0 saturated heterocycles. The fraction of sp³-hybridized carbons (Fsp3) is 0.929. The first-order valence-electron chi connectivity index (χ1n) is 7.03. The molecule has 0 aliphatic rings. The third-order valence-corrected chi connectivity index (χ3v) is 3.99. The van der Waals surface area contributed by atoms with Crippen LogP contribution in [0.5, 0.6) is 0 Å². The standard InChI is InChI=1S/C14H29NO3S/c1-6-18-13(17)14(5,15-11(2)3)10-12(4)19-9-7-8-16/h11-12,15-16H,6-10H2,1-5H3. The van der Waals surface area contributed by atoms with E-state index in [1.807, 2.05) is 27.7 Å². The maximum absolute atomic E-state index is 12.1. The highest BCUT2D eigenvalue weighted by Gasteiger charge is 2.36. The molecule has 2 unspecified atom stereocenters. The van der Waals surface area contributed by atoms with Gasteiger partial charge in [-0.1, -0.05) is 6.92 Å². The number of hydrogen-bond acceptors (Lipinski definition) is 5. The zero-order valence-electron chi connectivity index (χ0n) is 12.9. The van der Waals surface area contributed by atoms with Crippen molar-refractivity contribution >= 4 is 17.7 Å². The lowest BCUT2D eigenvalue weighted by molar-refractivity contribution is -0.151. The number of esters is 1. The van der Waals surface area contributed by atoms with E-state index in [4.69, 9.17) is 9.84 Å². The smallest absolute Gasteiger partial charge is 0.326 e. The Balaban J connectivity index is 4.52. The monoisotopic (exact) mass is 291 g/mol. The summed E-state index contributed by atoms with van der Waals surface area (Å²) in [4.78, 5) is 12.1. The number of aliphatic hydroxyl groups is 1. The summed E-state index contributed by atoms with van der Waals surface area (Å²) in [6.07, 6.45) is 1.52. The predicted octanol–water partition coefficient (Wildman–Crippen LogP) is 2.20. The molecule has 4 nitrogen and oxygen atoms in total. The highest BCUT2D eigenvalue weighted by molar-refractivity contribution is 7.99. The van der Waals surface area contributed by atoms with Gasteiger partial charge in [-0.3, -0.25) is 10.1 Å². The molecule has 0 bridgehead atoms. The summed E-state index contributed by atoms with van der Waals surface area (Å²) in [7, 11) is 0. The lowest BCUT2D eigenvalue weighted by atomic mass is 9.95. The average molecular weight is 291 g/mol. The Hall–Kier alpha value is -0.260. The van der Waals surface area contributed by atoms with E-state index in [2.05, 4.69) is 12.2 Å². The van der Waals surface area contributed by atoms with Crippen LogP contribution in [-0.2, 0) is 9.53 Å². The van der Waals surface area contributed by atoms with Gasteiger partial charge in [-0.15, -0.1) is 0 Å². The number of carbonyl (C=O) groups is 1. The van der Waals surface area contributed by atoms with Gasteiger partial charge in [-0.25, -0.2) is 0 Å². The molecule has 0 fully saturated rings. The van der Waals surface area contributed by atoms with Crippen molar-refractivity contribution in [3.8, 4) is 0 Å². The van der Waals surface area contributed by atoms with Gasteiger partial charge in [0.15, 0.2) is 0 Å². The largest absolute Gasteiger partial charge is 0.465 e. The van der Waals surface area contributed by atoms with Crippen molar-refractivity contribution in [2.75, 3.05) is 19.0 Å². The fourth-order valence-electron chi connectivity index (χ4n) is 2.11. The van der Waals surface area contributed by atoms with E-state index in [0.717, 1.165) is 18.6 Å². The summed E-state index contributed by atoms with van der Waals surface area (Å²) < 4.78 is 5.18. The zero-order chi connectivity index (χ0) is 14.9. The third-order valence-electron chi connectivity index (χ3n) is 2.73. The number of aliphatic hydroxyl groups excluding tert-OH is 1. The first kappa shape index (κ1) is 18.7. The number of thioether (sulfide) groups is 1. The molecule has 0 spiro atoms. The summed E-state index contributed by atoms with van der Waals surface area (Å²) in [6.45, 7) is 10.5. The Morgan fingerprint density at radius 1 is 1.42 bits per heavy atom. The van der Waals surface area contributed by atoms with E-state index >= 15 is 0 Å². The number of rotatable bonds is 10.